The Bertz CT molecular complexity index is 1920. The first-order valence-electron chi connectivity index (χ1n) is 14.7. The molecule has 0 heterocycles. The summed E-state index contributed by atoms with van der Waals surface area (Å²) in [5.41, 5.74) is 6.35. The van der Waals surface area contributed by atoms with Gasteiger partial charge in [0.25, 0.3) is 0 Å². The lowest BCUT2D eigenvalue weighted by molar-refractivity contribution is 0.985. The van der Waals surface area contributed by atoms with Crippen LogP contribution in [0.5, 0.6) is 0 Å². The number of allylic oxidation sites excluding steroid dienone is 1. The maximum absolute atomic E-state index is 7.06. The van der Waals surface area contributed by atoms with Crippen LogP contribution < -0.4 is 15.9 Å². The largest absolute Gasteiger partial charge is 0.0898 e. The number of rotatable bonds is 8. The minimum atomic E-state index is -0.764. The Hall–Kier alpha value is -3.29. The van der Waals surface area contributed by atoms with Gasteiger partial charge in [0.15, 0.2) is 0 Å². The minimum absolute atomic E-state index is 0.0167. The molecule has 5 heteroatoms. The van der Waals surface area contributed by atoms with Crippen molar-refractivity contribution < 1.29 is 0 Å². The zero-order chi connectivity index (χ0) is 30.8. The van der Waals surface area contributed by atoms with Gasteiger partial charge in [-0.15, -0.1) is 0 Å². The van der Waals surface area contributed by atoms with Crippen molar-refractivity contribution in [3.63, 3.8) is 0 Å². The van der Waals surface area contributed by atoms with E-state index in [4.69, 9.17) is 34.8 Å². The van der Waals surface area contributed by atoms with Gasteiger partial charge in [-0.3, -0.25) is 0 Å². The van der Waals surface area contributed by atoms with Gasteiger partial charge in [0.1, 0.15) is 0 Å². The molecule has 1 aliphatic rings. The van der Waals surface area contributed by atoms with Crippen LogP contribution in [-0.2, 0) is 6.42 Å². The molecule has 6 aromatic carbocycles. The molecule has 7 rings (SSSR count). The topological polar surface area (TPSA) is 0 Å². The molecule has 0 spiro atoms. The second kappa shape index (κ2) is 13.6. The molecule has 0 amide bonds. The first kappa shape index (κ1) is 30.4. The standard InChI is InChI=1S/C40H28Cl3PS/c41-29-13-17-31(18-14-29)44(32-19-15-30(42)16-20-32)33-21-23-34(24-22-33)45-39-12-5-4-10-36(39)40-35-11-6-9-28(37(35)26-38(40)43)25-27-7-2-1-3-8-27/h1-24,26,40H,25H2. The molecular formula is C40H28Cl3PS. The van der Waals surface area contributed by atoms with Crippen molar-refractivity contribution in [1.82, 2.24) is 0 Å². The lowest BCUT2D eigenvalue weighted by atomic mass is 9.90. The summed E-state index contributed by atoms with van der Waals surface area (Å²) in [4.78, 5) is 2.39. The maximum Gasteiger partial charge on any atom is 0.0465 e. The maximum atomic E-state index is 7.06. The molecule has 220 valence electrons. The normalized spacial score (nSPS) is 14.0. The van der Waals surface area contributed by atoms with E-state index < -0.39 is 7.92 Å². The van der Waals surface area contributed by atoms with E-state index >= 15 is 0 Å². The third-order valence-corrected chi connectivity index (χ3v) is 12.4. The molecule has 0 radical (unpaired) electrons. The Balaban J connectivity index is 1.18. The zero-order valence-electron chi connectivity index (χ0n) is 24.2. The monoisotopic (exact) mass is 676 g/mol. The fourth-order valence-corrected chi connectivity index (χ4v) is 9.75. The lowest BCUT2D eigenvalue weighted by Crippen LogP contribution is -2.20. The van der Waals surface area contributed by atoms with Gasteiger partial charge in [0.05, 0.1) is 0 Å². The minimum Gasteiger partial charge on any atom is -0.0898 e. The average Bonchev–Trinajstić information content (AvgIpc) is 3.41. The van der Waals surface area contributed by atoms with E-state index in [2.05, 4.69) is 127 Å². The molecular weight excluding hydrogens is 650 g/mol. The predicted octanol–water partition coefficient (Wildman–Crippen LogP) is 11.2. The summed E-state index contributed by atoms with van der Waals surface area (Å²) < 4.78 is 0. The lowest BCUT2D eigenvalue weighted by Gasteiger charge is -2.20. The zero-order valence-corrected chi connectivity index (χ0v) is 28.2. The van der Waals surface area contributed by atoms with Crippen molar-refractivity contribution in [2.45, 2.75) is 22.1 Å². The van der Waals surface area contributed by atoms with Gasteiger partial charge in [0, 0.05) is 30.8 Å². The first-order chi connectivity index (χ1) is 22.0. The highest BCUT2D eigenvalue weighted by molar-refractivity contribution is 7.99. The van der Waals surface area contributed by atoms with Crippen LogP contribution in [-0.4, -0.2) is 0 Å². The summed E-state index contributed by atoms with van der Waals surface area (Å²) in [5, 5.41) is 6.11. The molecule has 6 aromatic rings. The Morgan fingerprint density at radius 2 is 1.09 bits per heavy atom. The molecule has 1 aliphatic carbocycles. The van der Waals surface area contributed by atoms with Crippen LogP contribution in [0.4, 0.5) is 0 Å². The van der Waals surface area contributed by atoms with E-state index in [1.807, 2.05) is 24.3 Å². The molecule has 0 N–H and O–H groups in total. The van der Waals surface area contributed by atoms with Gasteiger partial charge in [-0.2, -0.15) is 0 Å². The molecule has 45 heavy (non-hydrogen) atoms. The third-order valence-electron chi connectivity index (χ3n) is 8.06. The van der Waals surface area contributed by atoms with Crippen LogP contribution in [0, 0.1) is 0 Å². The van der Waals surface area contributed by atoms with E-state index in [9.17, 15) is 0 Å². The number of benzene rings is 6. The van der Waals surface area contributed by atoms with Gasteiger partial charge in [-0.25, -0.2) is 0 Å². The second-order valence-electron chi connectivity index (χ2n) is 11.0. The van der Waals surface area contributed by atoms with E-state index in [0.717, 1.165) is 21.5 Å². The predicted molar refractivity (Wildman–Crippen MR) is 197 cm³/mol. The van der Waals surface area contributed by atoms with Gasteiger partial charge in [-0.05, 0) is 107 Å². The highest BCUT2D eigenvalue weighted by Crippen LogP contribution is 2.48. The second-order valence-corrected chi connectivity index (χ2v) is 15.6. The van der Waals surface area contributed by atoms with E-state index in [0.29, 0.717) is 0 Å². The van der Waals surface area contributed by atoms with Crippen molar-refractivity contribution >= 4 is 76.5 Å². The highest BCUT2D eigenvalue weighted by atomic mass is 35.5. The molecule has 0 nitrogen and oxygen atoms in total. The summed E-state index contributed by atoms with van der Waals surface area (Å²) in [6.07, 6.45) is 3.06. The summed E-state index contributed by atoms with van der Waals surface area (Å²) >= 11 is 21.3. The van der Waals surface area contributed by atoms with Crippen molar-refractivity contribution in [3.8, 4) is 0 Å². The molecule has 1 atom stereocenters. The number of hydrogen-bond acceptors (Lipinski definition) is 1. The molecule has 0 aromatic heterocycles. The van der Waals surface area contributed by atoms with Crippen LogP contribution in [0.15, 0.2) is 160 Å². The summed E-state index contributed by atoms with van der Waals surface area (Å²) in [5.74, 6) is 0.0167. The number of hydrogen-bond donors (Lipinski definition) is 0. The van der Waals surface area contributed by atoms with E-state index in [1.165, 1.54) is 53.5 Å². The van der Waals surface area contributed by atoms with Gasteiger partial charge in [0.2, 0.25) is 0 Å². The number of fused-ring (bicyclic) bond motifs is 1. The smallest absolute Gasteiger partial charge is 0.0465 e. The van der Waals surface area contributed by atoms with Gasteiger partial charge < -0.3 is 0 Å². The SMILES string of the molecule is ClC1=Cc2c(Cc3ccccc3)cccc2C1c1ccccc1Sc1ccc(P(c2ccc(Cl)cc2)c2ccc(Cl)cc2)cc1. The first-order valence-corrected chi connectivity index (χ1v) is 18.0. The summed E-state index contributed by atoms with van der Waals surface area (Å²) in [7, 11) is -0.764. The third kappa shape index (κ3) is 6.66. The fraction of sp³-hybridized carbons (Fsp3) is 0.0500. The van der Waals surface area contributed by atoms with Crippen LogP contribution in [0.1, 0.15) is 33.7 Å². The van der Waals surface area contributed by atoms with Crippen LogP contribution >= 0.6 is 54.5 Å². The number of halogens is 3. The van der Waals surface area contributed by atoms with Crippen molar-refractivity contribution in [3.05, 3.63) is 188 Å². The highest BCUT2D eigenvalue weighted by Gasteiger charge is 2.29. The summed E-state index contributed by atoms with van der Waals surface area (Å²) in [6, 6.07) is 51.3. The Morgan fingerprint density at radius 3 is 1.73 bits per heavy atom. The molecule has 0 saturated heterocycles. The van der Waals surface area contributed by atoms with Crippen molar-refractivity contribution in [2.24, 2.45) is 0 Å². The van der Waals surface area contributed by atoms with Crippen LogP contribution in [0.3, 0.4) is 0 Å². The van der Waals surface area contributed by atoms with Crippen molar-refractivity contribution in [2.75, 3.05) is 0 Å². The summed E-state index contributed by atoms with van der Waals surface area (Å²) in [6.45, 7) is 0. The van der Waals surface area contributed by atoms with E-state index in [1.54, 1.807) is 11.8 Å². The quantitative estimate of drug-likeness (QED) is 0.145. The fourth-order valence-electron chi connectivity index (χ4n) is 5.95. The Morgan fingerprint density at radius 1 is 0.533 bits per heavy atom. The molecule has 0 fully saturated rings. The molecule has 0 bridgehead atoms. The Kier molecular flexibility index (Phi) is 9.18. The van der Waals surface area contributed by atoms with Crippen LogP contribution in [0.25, 0.3) is 6.08 Å². The van der Waals surface area contributed by atoms with Crippen LogP contribution in [0.2, 0.25) is 10.0 Å². The molecule has 0 saturated carbocycles. The Labute approximate surface area is 285 Å². The van der Waals surface area contributed by atoms with Crippen molar-refractivity contribution in [1.29, 1.82) is 0 Å². The van der Waals surface area contributed by atoms with E-state index in [-0.39, 0.29) is 5.92 Å². The average molecular weight is 678 g/mol. The van der Waals surface area contributed by atoms with Gasteiger partial charge >= 0.3 is 0 Å². The van der Waals surface area contributed by atoms with Gasteiger partial charge in [-0.1, -0.05) is 150 Å². The molecule has 1 unspecified atom stereocenters. The molecule has 0 aliphatic heterocycles.